The summed E-state index contributed by atoms with van der Waals surface area (Å²) in [5.41, 5.74) is 12.2. The summed E-state index contributed by atoms with van der Waals surface area (Å²) in [6.07, 6.45) is 51.4. The normalized spacial score (nSPS) is 50.4. The van der Waals surface area contributed by atoms with Crippen LogP contribution in [0.4, 0.5) is 0 Å². The van der Waals surface area contributed by atoms with Crippen LogP contribution in [0.1, 0.15) is 283 Å². The Kier molecular flexibility index (Phi) is 17.0. The van der Waals surface area contributed by atoms with Crippen molar-refractivity contribution in [1.29, 1.82) is 0 Å². The zero-order valence-electron chi connectivity index (χ0n) is 58.5. The van der Waals surface area contributed by atoms with E-state index in [0.717, 1.165) is 141 Å². The molecular formula is C83H123NO5. The van der Waals surface area contributed by atoms with E-state index in [4.69, 9.17) is 0 Å². The molecule has 490 valence electrons. The van der Waals surface area contributed by atoms with Gasteiger partial charge in [-0.05, 0) is 326 Å². The maximum atomic E-state index is 12.4. The van der Waals surface area contributed by atoms with Gasteiger partial charge in [-0.1, -0.05) is 140 Å². The molecule has 0 bridgehead atoms. The number of nitrogens with zero attached hydrogens (tertiary/aromatic N) is 1. The standard InChI is InChI=1S/C22H33NO.C22H32O.C20H30O.C19H28O2/c1-14-9-11-21(3)16(13-14)5-6-17-19-8-7-18(15(2)23-24)22(19,4)12-10-20(17)21;1-14-9-11-21(3)16(13-14)5-6-17-19-8-7-18(15(2)23)22(19,4)12-10-20(17)21;1-13-8-10-19(2)14(12-13)4-5-15-16-6-7-18(21)20(16,3)11-9-17(15)19;1-18-9-7-13(20)11-12(18)3-4-14-15-5-6-17(21)19(15,2)10-8-16(14)18/h5,7,14,17,19-20,24H,6,8-13H2,1-4H3;5,7,14,17,19-20H,6,8-13H2,1-4H3;4,13,15-17H,5-12H2,1-3H3;3,13-16,20H,4-11H2,1-2H3/b23-15+;;;/t;;13-,15?,16?,17?,19?,20?;13-,14?,15?,16?,18?,19?/m..00/s1. The first-order chi connectivity index (χ1) is 42.2. The number of ketones is 3. The Hall–Kier alpha value is -3.12. The lowest BCUT2D eigenvalue weighted by atomic mass is 9.47. The quantitative estimate of drug-likeness (QED) is 0.124. The van der Waals surface area contributed by atoms with E-state index < -0.39 is 0 Å². The lowest BCUT2D eigenvalue weighted by molar-refractivity contribution is -0.132. The molecule has 0 aliphatic heterocycles. The van der Waals surface area contributed by atoms with Gasteiger partial charge in [0.15, 0.2) is 5.78 Å². The van der Waals surface area contributed by atoms with Crippen LogP contribution in [0, 0.1) is 132 Å². The Bertz CT molecular complexity index is 2950. The molecule has 6 nitrogen and oxygen atoms in total. The number of Topliss-reactive ketones (excluding diaryl/α,β-unsaturated/α-hetero) is 3. The minimum Gasteiger partial charge on any atom is -0.411 e. The highest BCUT2D eigenvalue weighted by molar-refractivity contribution is 5.99. The molecule has 6 heteroatoms. The van der Waals surface area contributed by atoms with Crippen LogP contribution in [0.15, 0.2) is 75.1 Å². The van der Waals surface area contributed by atoms with E-state index in [-0.39, 0.29) is 27.8 Å². The molecule has 2 N–H and O–H groups in total. The minimum absolute atomic E-state index is 0.0168. The van der Waals surface area contributed by atoms with Gasteiger partial charge in [0.1, 0.15) is 11.6 Å². The van der Waals surface area contributed by atoms with Crippen LogP contribution >= 0.6 is 0 Å². The number of rotatable bonds is 2. The molecule has 10 saturated carbocycles. The van der Waals surface area contributed by atoms with Gasteiger partial charge in [-0.25, -0.2) is 0 Å². The molecule has 0 spiro atoms. The van der Waals surface area contributed by atoms with Crippen LogP contribution in [0.2, 0.25) is 0 Å². The molecule has 0 heterocycles. The summed E-state index contributed by atoms with van der Waals surface area (Å²) in [7, 11) is 0. The average Bonchev–Trinajstić information content (AvgIpc) is 1.80. The van der Waals surface area contributed by atoms with Crippen LogP contribution in [0.3, 0.4) is 0 Å². The lowest BCUT2D eigenvalue weighted by Crippen LogP contribution is -2.50. The van der Waals surface area contributed by atoms with E-state index in [0.29, 0.717) is 62.7 Å². The third-order valence-electron chi connectivity index (χ3n) is 32.6. The first-order valence-corrected chi connectivity index (χ1v) is 37.8. The second-order valence-electron chi connectivity index (χ2n) is 36.7. The second kappa shape index (κ2) is 23.4. The minimum atomic E-state index is -0.122. The van der Waals surface area contributed by atoms with E-state index in [1.807, 2.05) is 6.92 Å². The molecule has 0 saturated heterocycles. The number of carbonyl (C=O) groups excluding carboxylic acids is 3. The SMILES string of the molecule is C/C(=N\O)C1=CCC2C3CC=C4CC(C)CCC4(C)C3CCC12C.CC(=O)C1=CCC2C3CC=C4CC(C)CCC4(C)C3CCC12C.CC12CCC3C(CC=C4C[C@@H](O)CCC43C)C1CCC2=O.C[C@H]1CCC2(C)C(=CCC3C4CCC(=O)C4(C)CCC32)C1. The number of aliphatic hydroxyl groups is 1. The third-order valence-corrected chi connectivity index (χ3v) is 32.6. The van der Waals surface area contributed by atoms with Gasteiger partial charge in [0, 0.05) is 23.7 Å². The first kappa shape index (κ1) is 64.6. The van der Waals surface area contributed by atoms with Crippen molar-refractivity contribution in [2.75, 3.05) is 0 Å². The van der Waals surface area contributed by atoms with Crippen LogP contribution < -0.4 is 0 Å². The van der Waals surface area contributed by atoms with E-state index in [1.165, 1.54) is 140 Å². The fraction of sp³-hybridized carbons (Fsp3) is 0.807. The number of fused-ring (bicyclic) bond motifs is 20. The van der Waals surface area contributed by atoms with E-state index in [1.54, 1.807) is 23.6 Å². The number of oxime groups is 1. The largest absolute Gasteiger partial charge is 0.411 e. The second-order valence-corrected chi connectivity index (χ2v) is 36.7. The Morgan fingerprint density at radius 1 is 0.382 bits per heavy atom. The smallest absolute Gasteiger partial charge is 0.156 e. The van der Waals surface area contributed by atoms with Gasteiger partial charge in [-0.15, -0.1) is 0 Å². The maximum absolute atomic E-state index is 12.4. The van der Waals surface area contributed by atoms with Gasteiger partial charge in [0.25, 0.3) is 0 Å². The van der Waals surface area contributed by atoms with E-state index in [2.05, 4.69) is 118 Å². The topological polar surface area (TPSA) is 104 Å². The molecule has 0 radical (unpaired) electrons. The molecule has 10 fully saturated rings. The van der Waals surface area contributed by atoms with Crippen molar-refractivity contribution in [2.45, 2.75) is 289 Å². The summed E-state index contributed by atoms with van der Waals surface area (Å²) >= 11 is 0. The Morgan fingerprint density at radius 3 is 1.06 bits per heavy atom. The summed E-state index contributed by atoms with van der Waals surface area (Å²) in [5.74, 6) is 13.2. The van der Waals surface area contributed by atoms with Gasteiger partial charge >= 0.3 is 0 Å². The predicted octanol–water partition coefficient (Wildman–Crippen LogP) is 20.7. The van der Waals surface area contributed by atoms with Crippen molar-refractivity contribution < 1.29 is 24.7 Å². The maximum Gasteiger partial charge on any atom is 0.156 e. The summed E-state index contributed by atoms with van der Waals surface area (Å²) < 4.78 is 0. The average molecular weight is 1210 g/mol. The van der Waals surface area contributed by atoms with E-state index >= 15 is 0 Å². The number of aliphatic hydroxyl groups excluding tert-OH is 1. The number of hydrogen-bond donors (Lipinski definition) is 2. The molecule has 0 amide bonds. The monoisotopic (exact) mass is 1210 g/mol. The van der Waals surface area contributed by atoms with Crippen LogP contribution in [0.5, 0.6) is 0 Å². The highest BCUT2D eigenvalue weighted by atomic mass is 16.4. The molecule has 16 rings (SSSR count). The summed E-state index contributed by atoms with van der Waals surface area (Å²) in [6, 6.07) is 0. The molecule has 89 heavy (non-hydrogen) atoms. The molecule has 24 atom stereocenters. The third kappa shape index (κ3) is 10.2. The van der Waals surface area contributed by atoms with Gasteiger partial charge < -0.3 is 10.3 Å². The fourth-order valence-electron chi connectivity index (χ4n) is 27.0. The number of carbonyl (C=O) groups is 3. The fourth-order valence-corrected chi connectivity index (χ4v) is 27.0. The first-order valence-electron chi connectivity index (χ1n) is 37.8. The summed E-state index contributed by atoms with van der Waals surface area (Å²) in [4.78, 5) is 36.9. The van der Waals surface area contributed by atoms with Crippen LogP contribution in [-0.2, 0) is 14.4 Å². The van der Waals surface area contributed by atoms with E-state index in [9.17, 15) is 24.7 Å². The van der Waals surface area contributed by atoms with Gasteiger partial charge in [-0.2, -0.15) is 0 Å². The molecule has 0 aromatic heterocycles. The molecular weight excluding hydrogens is 1090 g/mol. The highest BCUT2D eigenvalue weighted by Crippen LogP contribution is 2.70. The molecule has 16 aliphatic rings. The summed E-state index contributed by atoms with van der Waals surface area (Å²) in [5, 5.41) is 22.8. The molecule has 16 aliphatic carbocycles. The van der Waals surface area contributed by atoms with Gasteiger partial charge in [0.2, 0.25) is 0 Å². The van der Waals surface area contributed by atoms with Crippen molar-refractivity contribution >= 4 is 23.1 Å². The number of hydrogen-bond acceptors (Lipinski definition) is 6. The van der Waals surface area contributed by atoms with Crippen molar-refractivity contribution in [3.63, 3.8) is 0 Å². The Labute approximate surface area is 540 Å². The molecule has 0 aromatic rings. The number of allylic oxidation sites excluding steroid dienone is 11. The molecule has 0 aromatic carbocycles. The molecule has 22 unspecified atom stereocenters. The van der Waals surface area contributed by atoms with Crippen LogP contribution in [0.25, 0.3) is 0 Å². The predicted molar refractivity (Wildman–Crippen MR) is 363 cm³/mol. The van der Waals surface area contributed by atoms with Crippen molar-refractivity contribution in [2.24, 2.45) is 137 Å². The Balaban J connectivity index is 0.000000109. The zero-order valence-corrected chi connectivity index (χ0v) is 58.5. The van der Waals surface area contributed by atoms with Gasteiger partial charge in [0.05, 0.1) is 11.8 Å². The van der Waals surface area contributed by atoms with Gasteiger partial charge in [-0.3, -0.25) is 14.4 Å². The van der Waals surface area contributed by atoms with Crippen LogP contribution in [-0.4, -0.2) is 39.5 Å². The summed E-state index contributed by atoms with van der Waals surface area (Å²) in [6.45, 7) is 30.5. The lowest BCUT2D eigenvalue weighted by Gasteiger charge is -2.57. The zero-order chi connectivity index (χ0) is 63.2. The van der Waals surface area contributed by atoms with Crippen molar-refractivity contribution in [1.82, 2.24) is 0 Å². The van der Waals surface area contributed by atoms with Crippen molar-refractivity contribution in [3.8, 4) is 0 Å². The van der Waals surface area contributed by atoms with Crippen molar-refractivity contribution in [3.05, 3.63) is 69.9 Å². The highest BCUT2D eigenvalue weighted by Gasteiger charge is 2.62. The Morgan fingerprint density at radius 2 is 0.685 bits per heavy atom.